The second-order valence-electron chi connectivity index (χ2n) is 5.76. The molecule has 6 nitrogen and oxygen atoms in total. The lowest BCUT2D eigenvalue weighted by Gasteiger charge is -2.12. The first-order valence-electron chi connectivity index (χ1n) is 7.92. The zero-order chi connectivity index (χ0) is 18.7. The highest BCUT2D eigenvalue weighted by Gasteiger charge is 2.13. The number of benzene rings is 2. The lowest BCUT2D eigenvalue weighted by atomic mass is 10.1. The van der Waals surface area contributed by atoms with Crippen molar-refractivity contribution in [3.63, 3.8) is 0 Å². The van der Waals surface area contributed by atoms with Crippen LogP contribution in [0.4, 0.5) is 4.39 Å². The summed E-state index contributed by atoms with van der Waals surface area (Å²) in [6.07, 6.45) is 1.52. The average Bonchev–Trinajstić information content (AvgIpc) is 2.66. The monoisotopic (exact) mass is 352 g/mol. The predicted molar refractivity (Wildman–Crippen MR) is 95.8 cm³/mol. The summed E-state index contributed by atoms with van der Waals surface area (Å²) in [4.78, 5) is 28.6. The molecule has 0 spiro atoms. The Morgan fingerprint density at radius 2 is 1.96 bits per heavy atom. The molecule has 1 heterocycles. The van der Waals surface area contributed by atoms with Gasteiger partial charge in [0, 0.05) is 17.3 Å². The van der Waals surface area contributed by atoms with E-state index in [1.165, 1.54) is 22.9 Å². The smallest absolute Gasteiger partial charge is 0.265 e. The van der Waals surface area contributed by atoms with Crippen LogP contribution in [0.1, 0.15) is 21.7 Å². The highest BCUT2D eigenvalue weighted by atomic mass is 19.1. The molecule has 0 saturated heterocycles. The van der Waals surface area contributed by atoms with E-state index < -0.39 is 11.7 Å². The van der Waals surface area contributed by atoms with Crippen LogP contribution in [-0.2, 0) is 6.54 Å². The second kappa shape index (κ2) is 7.28. The largest absolute Gasteiger partial charge is 0.292 e. The maximum Gasteiger partial charge on any atom is 0.265 e. The third kappa shape index (κ3) is 3.38. The fraction of sp³-hybridized carbons (Fsp3) is 0.105. The van der Waals surface area contributed by atoms with Crippen LogP contribution in [0.15, 0.2) is 59.5 Å². The van der Waals surface area contributed by atoms with E-state index >= 15 is 0 Å². The molecule has 3 aromatic rings. The van der Waals surface area contributed by atoms with E-state index in [1.807, 2.05) is 35.8 Å². The van der Waals surface area contributed by atoms with Gasteiger partial charge in [-0.05, 0) is 24.6 Å². The summed E-state index contributed by atoms with van der Waals surface area (Å²) in [5, 5.41) is 0. The van der Waals surface area contributed by atoms with Crippen LogP contribution in [0.3, 0.4) is 0 Å². The number of nitrogen functional groups attached to an aromatic ring is 1. The summed E-state index contributed by atoms with van der Waals surface area (Å²) in [5.74, 6) is 4.34. The summed E-state index contributed by atoms with van der Waals surface area (Å²) in [6, 6.07) is 13.2. The summed E-state index contributed by atoms with van der Waals surface area (Å²) >= 11 is 0. The van der Waals surface area contributed by atoms with Gasteiger partial charge in [0.15, 0.2) is 0 Å². The molecule has 3 rings (SSSR count). The molecule has 0 aliphatic heterocycles. The first-order valence-corrected chi connectivity index (χ1v) is 7.92. The number of nitrogens with one attached hydrogen (secondary N) is 1. The lowest BCUT2D eigenvalue weighted by Crippen LogP contribution is -2.30. The minimum Gasteiger partial charge on any atom is -0.292 e. The first kappa shape index (κ1) is 17.5. The number of hydrazine groups is 1. The van der Waals surface area contributed by atoms with E-state index in [0.29, 0.717) is 11.4 Å². The van der Waals surface area contributed by atoms with E-state index in [1.54, 1.807) is 6.92 Å². The van der Waals surface area contributed by atoms with E-state index in [9.17, 15) is 14.0 Å². The van der Waals surface area contributed by atoms with Gasteiger partial charge in [0.05, 0.1) is 12.1 Å². The maximum atomic E-state index is 14.4. The molecule has 1 amide bonds. The van der Waals surface area contributed by atoms with Crippen LogP contribution in [0.2, 0.25) is 0 Å². The van der Waals surface area contributed by atoms with Gasteiger partial charge in [-0.3, -0.25) is 19.6 Å². The fourth-order valence-electron chi connectivity index (χ4n) is 2.65. The van der Waals surface area contributed by atoms with Gasteiger partial charge in [0.25, 0.3) is 11.5 Å². The summed E-state index contributed by atoms with van der Waals surface area (Å²) in [5.41, 5.74) is 3.26. The van der Waals surface area contributed by atoms with Crippen molar-refractivity contribution in [3.05, 3.63) is 87.9 Å². The quantitative estimate of drug-likeness (QED) is 0.427. The highest BCUT2D eigenvalue weighted by Crippen LogP contribution is 2.16. The summed E-state index contributed by atoms with van der Waals surface area (Å²) in [7, 11) is 0. The van der Waals surface area contributed by atoms with Crippen LogP contribution in [0.25, 0.3) is 11.1 Å². The molecule has 0 aliphatic carbocycles. The zero-order valence-corrected chi connectivity index (χ0v) is 14.1. The number of hydrogen-bond acceptors (Lipinski definition) is 4. The highest BCUT2D eigenvalue weighted by molar-refractivity contribution is 5.93. The number of carbonyl (C=O) groups is 1. The SMILES string of the molecule is Cc1ncc(-c2ccccc2)c(=O)n1Cc1ccc(C(=O)NN)cc1F. The standard InChI is InChI=1S/C19H17FN4O2/c1-12-22-10-16(13-5-3-2-4-6-13)19(26)24(12)11-15-8-7-14(9-17(15)20)18(25)23-21/h2-10H,11,21H2,1H3,(H,23,25). The number of carbonyl (C=O) groups excluding carboxylic acids is 1. The van der Waals surface area contributed by atoms with Crippen molar-refractivity contribution >= 4 is 5.91 Å². The molecule has 0 saturated carbocycles. The van der Waals surface area contributed by atoms with Crippen molar-refractivity contribution in [2.24, 2.45) is 5.84 Å². The minimum atomic E-state index is -0.595. The Labute approximate surface area is 149 Å². The van der Waals surface area contributed by atoms with Gasteiger partial charge in [-0.25, -0.2) is 15.2 Å². The van der Waals surface area contributed by atoms with E-state index in [-0.39, 0.29) is 23.2 Å². The third-order valence-corrected chi connectivity index (χ3v) is 4.11. The Morgan fingerprint density at radius 3 is 2.62 bits per heavy atom. The fourth-order valence-corrected chi connectivity index (χ4v) is 2.65. The van der Waals surface area contributed by atoms with Crippen molar-refractivity contribution in [2.45, 2.75) is 13.5 Å². The topological polar surface area (TPSA) is 90.0 Å². The number of rotatable bonds is 4. The van der Waals surface area contributed by atoms with Gasteiger partial charge in [0.1, 0.15) is 11.6 Å². The molecule has 0 radical (unpaired) electrons. The number of aryl methyl sites for hydroxylation is 1. The molecule has 0 aliphatic rings. The van der Waals surface area contributed by atoms with Crippen molar-refractivity contribution in [1.82, 2.24) is 15.0 Å². The Hall–Kier alpha value is -3.32. The molecular formula is C19H17FN4O2. The van der Waals surface area contributed by atoms with Crippen molar-refractivity contribution < 1.29 is 9.18 Å². The van der Waals surface area contributed by atoms with Crippen LogP contribution < -0.4 is 16.8 Å². The number of hydrogen-bond donors (Lipinski definition) is 2. The summed E-state index contributed by atoms with van der Waals surface area (Å²) in [6.45, 7) is 1.69. The van der Waals surface area contributed by atoms with Crippen LogP contribution in [0.5, 0.6) is 0 Å². The average molecular weight is 352 g/mol. The molecule has 26 heavy (non-hydrogen) atoms. The molecule has 1 aromatic heterocycles. The van der Waals surface area contributed by atoms with Gasteiger partial charge < -0.3 is 0 Å². The minimum absolute atomic E-state index is 0.00863. The van der Waals surface area contributed by atoms with Gasteiger partial charge >= 0.3 is 0 Å². The molecule has 132 valence electrons. The summed E-state index contributed by atoms with van der Waals surface area (Å²) < 4.78 is 15.8. The molecule has 0 fully saturated rings. The third-order valence-electron chi connectivity index (χ3n) is 4.11. The van der Waals surface area contributed by atoms with Crippen LogP contribution in [0, 0.1) is 12.7 Å². The molecule has 3 N–H and O–H groups in total. The molecule has 0 atom stereocenters. The van der Waals surface area contributed by atoms with Crippen molar-refractivity contribution in [2.75, 3.05) is 0 Å². The first-order chi connectivity index (χ1) is 12.5. The number of nitrogens with two attached hydrogens (primary N) is 1. The number of halogens is 1. The van der Waals surface area contributed by atoms with E-state index in [4.69, 9.17) is 5.84 Å². The Morgan fingerprint density at radius 1 is 1.23 bits per heavy atom. The van der Waals surface area contributed by atoms with Crippen molar-refractivity contribution in [3.8, 4) is 11.1 Å². The number of nitrogens with zero attached hydrogens (tertiary/aromatic N) is 2. The van der Waals surface area contributed by atoms with Gasteiger partial charge in [0.2, 0.25) is 0 Å². The van der Waals surface area contributed by atoms with Gasteiger partial charge in [-0.1, -0.05) is 36.4 Å². The number of aromatic nitrogens is 2. The molecule has 7 heteroatoms. The van der Waals surface area contributed by atoms with E-state index in [2.05, 4.69) is 4.98 Å². The number of amides is 1. The zero-order valence-electron chi connectivity index (χ0n) is 14.1. The molecule has 2 aromatic carbocycles. The van der Waals surface area contributed by atoms with E-state index in [0.717, 1.165) is 11.6 Å². The van der Waals surface area contributed by atoms with Gasteiger partial charge in [-0.15, -0.1) is 0 Å². The molecule has 0 bridgehead atoms. The Balaban J connectivity index is 2.01. The molecular weight excluding hydrogens is 335 g/mol. The van der Waals surface area contributed by atoms with Crippen LogP contribution in [-0.4, -0.2) is 15.5 Å². The maximum absolute atomic E-state index is 14.4. The molecule has 0 unspecified atom stereocenters. The predicted octanol–water partition coefficient (Wildman–Crippen LogP) is 2.01. The Bertz CT molecular complexity index is 1020. The Kier molecular flexibility index (Phi) is 4.90. The van der Waals surface area contributed by atoms with Gasteiger partial charge in [-0.2, -0.15) is 0 Å². The normalized spacial score (nSPS) is 10.6. The lowest BCUT2D eigenvalue weighted by molar-refractivity contribution is 0.0953. The van der Waals surface area contributed by atoms with Crippen LogP contribution >= 0.6 is 0 Å². The van der Waals surface area contributed by atoms with Crippen molar-refractivity contribution in [1.29, 1.82) is 0 Å². The second-order valence-corrected chi connectivity index (χ2v) is 5.76.